The van der Waals surface area contributed by atoms with Gasteiger partial charge in [0.25, 0.3) is 0 Å². The Morgan fingerprint density at radius 1 is 0.917 bits per heavy atom. The molecule has 0 aromatic heterocycles. The first-order chi connectivity index (χ1) is 11.7. The molecule has 3 rings (SSSR count). The number of likely N-dealkylation sites (tertiary alicyclic amines) is 1. The zero-order valence-electron chi connectivity index (χ0n) is 14.5. The van der Waals surface area contributed by atoms with Crippen molar-refractivity contribution < 1.29 is 14.3 Å². The summed E-state index contributed by atoms with van der Waals surface area (Å²) in [5, 5.41) is 0. The van der Waals surface area contributed by atoms with Crippen LogP contribution < -0.4 is 4.74 Å². The number of methoxy groups -OCH3 is 1. The lowest BCUT2D eigenvalue weighted by Crippen LogP contribution is -2.43. The van der Waals surface area contributed by atoms with Gasteiger partial charge in [-0.1, -0.05) is 19.3 Å². The molecule has 0 radical (unpaired) electrons. The first-order valence-electron chi connectivity index (χ1n) is 9.16. The van der Waals surface area contributed by atoms with E-state index in [0.717, 1.165) is 50.1 Å². The van der Waals surface area contributed by atoms with E-state index in [-0.39, 0.29) is 17.6 Å². The van der Waals surface area contributed by atoms with E-state index < -0.39 is 0 Å². The lowest BCUT2D eigenvalue weighted by Gasteiger charge is -2.34. The molecule has 1 heterocycles. The third-order valence-corrected chi connectivity index (χ3v) is 5.51. The van der Waals surface area contributed by atoms with Gasteiger partial charge in [0.1, 0.15) is 5.75 Å². The van der Waals surface area contributed by atoms with Gasteiger partial charge in [-0.3, -0.25) is 9.59 Å². The summed E-state index contributed by atoms with van der Waals surface area (Å²) < 4.78 is 5.14. The van der Waals surface area contributed by atoms with Crippen LogP contribution in [-0.2, 0) is 4.79 Å². The molecule has 4 nitrogen and oxygen atoms in total. The van der Waals surface area contributed by atoms with Gasteiger partial charge in [-0.05, 0) is 49.9 Å². The molecule has 1 aromatic rings. The van der Waals surface area contributed by atoms with Crippen molar-refractivity contribution in [2.75, 3.05) is 20.2 Å². The Balaban J connectivity index is 1.54. The van der Waals surface area contributed by atoms with Gasteiger partial charge in [-0.25, -0.2) is 0 Å². The number of rotatable bonds is 4. The SMILES string of the molecule is COc1ccc(C(=O)C2CCN(C(=O)C3CCCCC3)CC2)cc1. The Bertz CT molecular complexity index is 567. The number of hydrogen-bond acceptors (Lipinski definition) is 3. The molecule has 0 atom stereocenters. The van der Waals surface area contributed by atoms with Crippen molar-refractivity contribution >= 4 is 11.7 Å². The number of piperidine rings is 1. The van der Waals surface area contributed by atoms with E-state index in [9.17, 15) is 9.59 Å². The topological polar surface area (TPSA) is 46.6 Å². The number of hydrogen-bond donors (Lipinski definition) is 0. The first kappa shape index (κ1) is 17.0. The molecule has 2 fully saturated rings. The number of amides is 1. The highest BCUT2D eigenvalue weighted by molar-refractivity contribution is 5.98. The number of ketones is 1. The van der Waals surface area contributed by atoms with Crippen molar-refractivity contribution in [2.24, 2.45) is 11.8 Å². The van der Waals surface area contributed by atoms with Gasteiger partial charge in [-0.2, -0.15) is 0 Å². The molecule has 1 aromatic carbocycles. The maximum absolute atomic E-state index is 12.6. The largest absolute Gasteiger partial charge is 0.497 e. The summed E-state index contributed by atoms with van der Waals surface area (Å²) in [6.07, 6.45) is 7.29. The molecule has 1 saturated heterocycles. The minimum absolute atomic E-state index is 0.0359. The van der Waals surface area contributed by atoms with Crippen molar-refractivity contribution in [1.29, 1.82) is 0 Å². The van der Waals surface area contributed by atoms with Gasteiger partial charge in [0.15, 0.2) is 5.78 Å². The quantitative estimate of drug-likeness (QED) is 0.791. The molecular weight excluding hydrogens is 302 g/mol. The fourth-order valence-electron chi connectivity index (χ4n) is 3.96. The smallest absolute Gasteiger partial charge is 0.225 e. The highest BCUT2D eigenvalue weighted by Gasteiger charge is 2.31. The maximum atomic E-state index is 12.6. The minimum atomic E-state index is 0.0359. The number of carbonyl (C=O) groups excluding carboxylic acids is 2. The van der Waals surface area contributed by atoms with Gasteiger partial charge in [-0.15, -0.1) is 0 Å². The van der Waals surface area contributed by atoms with Crippen LogP contribution in [0.4, 0.5) is 0 Å². The normalized spacial score (nSPS) is 20.0. The molecule has 4 heteroatoms. The van der Waals surface area contributed by atoms with Gasteiger partial charge < -0.3 is 9.64 Å². The van der Waals surface area contributed by atoms with E-state index in [4.69, 9.17) is 4.74 Å². The second kappa shape index (κ2) is 7.82. The molecule has 1 aliphatic carbocycles. The molecular formula is C20H27NO3. The highest BCUT2D eigenvalue weighted by Crippen LogP contribution is 2.28. The third-order valence-electron chi connectivity index (χ3n) is 5.51. The predicted octanol–water partition coefficient (Wildman–Crippen LogP) is 3.70. The number of benzene rings is 1. The Hall–Kier alpha value is -1.84. The molecule has 2 aliphatic rings. The summed E-state index contributed by atoms with van der Waals surface area (Å²) in [4.78, 5) is 27.2. The number of Topliss-reactive ketones (excluding diaryl/α,β-unsaturated/α-hetero) is 1. The standard InChI is InChI=1S/C20H27NO3/c1-24-18-9-7-15(8-10-18)19(22)16-11-13-21(14-12-16)20(23)17-5-3-2-4-6-17/h7-10,16-17H,2-6,11-14H2,1H3. The van der Waals surface area contributed by atoms with Crippen LogP contribution in [0.5, 0.6) is 5.75 Å². The van der Waals surface area contributed by atoms with E-state index in [2.05, 4.69) is 0 Å². The van der Waals surface area contributed by atoms with Crippen LogP contribution in [0, 0.1) is 11.8 Å². The summed E-state index contributed by atoms with van der Waals surface area (Å²) in [7, 11) is 1.62. The van der Waals surface area contributed by atoms with Crippen LogP contribution in [0.15, 0.2) is 24.3 Å². The molecule has 0 unspecified atom stereocenters. The van der Waals surface area contributed by atoms with E-state index in [1.807, 2.05) is 29.2 Å². The third kappa shape index (κ3) is 3.80. The maximum Gasteiger partial charge on any atom is 0.225 e. The molecule has 0 spiro atoms. The zero-order chi connectivity index (χ0) is 16.9. The average Bonchev–Trinajstić information content (AvgIpc) is 2.68. The van der Waals surface area contributed by atoms with Crippen LogP contribution in [-0.4, -0.2) is 36.8 Å². The van der Waals surface area contributed by atoms with Crippen LogP contribution in [0.2, 0.25) is 0 Å². The van der Waals surface area contributed by atoms with E-state index >= 15 is 0 Å². The number of ether oxygens (including phenoxy) is 1. The molecule has 0 N–H and O–H groups in total. The van der Waals surface area contributed by atoms with Crippen molar-refractivity contribution in [3.63, 3.8) is 0 Å². The summed E-state index contributed by atoms with van der Waals surface area (Å²) in [5.74, 6) is 1.55. The first-order valence-corrected chi connectivity index (χ1v) is 9.16. The van der Waals surface area contributed by atoms with E-state index in [0.29, 0.717) is 5.91 Å². The summed E-state index contributed by atoms with van der Waals surface area (Å²) in [6, 6.07) is 7.32. The lowest BCUT2D eigenvalue weighted by molar-refractivity contribution is -0.137. The van der Waals surface area contributed by atoms with Crippen LogP contribution >= 0.6 is 0 Å². The minimum Gasteiger partial charge on any atom is -0.497 e. The molecule has 130 valence electrons. The number of carbonyl (C=O) groups is 2. The van der Waals surface area contributed by atoms with Gasteiger partial charge in [0.2, 0.25) is 5.91 Å². The van der Waals surface area contributed by atoms with Gasteiger partial charge in [0, 0.05) is 30.5 Å². The fourth-order valence-corrected chi connectivity index (χ4v) is 3.96. The van der Waals surface area contributed by atoms with Crippen molar-refractivity contribution in [1.82, 2.24) is 4.90 Å². The molecule has 1 aliphatic heterocycles. The van der Waals surface area contributed by atoms with Crippen LogP contribution in [0.3, 0.4) is 0 Å². The van der Waals surface area contributed by atoms with Crippen molar-refractivity contribution in [2.45, 2.75) is 44.9 Å². The Kier molecular flexibility index (Phi) is 5.54. The molecule has 0 bridgehead atoms. The van der Waals surface area contributed by atoms with Crippen molar-refractivity contribution in [3.05, 3.63) is 29.8 Å². The summed E-state index contributed by atoms with van der Waals surface area (Å²) >= 11 is 0. The average molecular weight is 329 g/mol. The molecule has 1 amide bonds. The Labute approximate surface area is 144 Å². The highest BCUT2D eigenvalue weighted by atomic mass is 16.5. The van der Waals surface area contributed by atoms with Crippen LogP contribution in [0.1, 0.15) is 55.3 Å². The molecule has 24 heavy (non-hydrogen) atoms. The number of nitrogens with zero attached hydrogens (tertiary/aromatic N) is 1. The zero-order valence-corrected chi connectivity index (χ0v) is 14.5. The lowest BCUT2D eigenvalue weighted by atomic mass is 9.85. The predicted molar refractivity (Wildman–Crippen MR) is 93.2 cm³/mol. The second-order valence-corrected chi connectivity index (χ2v) is 7.03. The van der Waals surface area contributed by atoms with Gasteiger partial charge in [0.05, 0.1) is 7.11 Å². The fraction of sp³-hybridized carbons (Fsp3) is 0.600. The summed E-state index contributed by atoms with van der Waals surface area (Å²) in [5.41, 5.74) is 0.743. The van der Waals surface area contributed by atoms with Gasteiger partial charge >= 0.3 is 0 Å². The monoisotopic (exact) mass is 329 g/mol. The molecule has 1 saturated carbocycles. The van der Waals surface area contributed by atoms with E-state index in [1.54, 1.807) is 7.11 Å². The Morgan fingerprint density at radius 3 is 2.12 bits per heavy atom. The Morgan fingerprint density at radius 2 is 1.54 bits per heavy atom. The van der Waals surface area contributed by atoms with Crippen molar-refractivity contribution in [3.8, 4) is 5.75 Å². The van der Waals surface area contributed by atoms with E-state index in [1.165, 1.54) is 19.3 Å². The van der Waals surface area contributed by atoms with Crippen LogP contribution in [0.25, 0.3) is 0 Å². The summed E-state index contributed by atoms with van der Waals surface area (Å²) in [6.45, 7) is 1.45. The second-order valence-electron chi connectivity index (χ2n) is 7.03.